The van der Waals surface area contributed by atoms with E-state index in [-0.39, 0.29) is 5.69 Å². The third kappa shape index (κ3) is 1.88. The predicted octanol–water partition coefficient (Wildman–Crippen LogP) is 1.18. The Labute approximate surface area is 105 Å². The van der Waals surface area contributed by atoms with Crippen molar-refractivity contribution in [2.24, 2.45) is 0 Å². The number of carboxylic acid groups (broad SMARTS) is 1. The Kier molecular flexibility index (Phi) is 3.15. The Morgan fingerprint density at radius 1 is 1.50 bits per heavy atom. The summed E-state index contributed by atoms with van der Waals surface area (Å²) in [6.45, 7) is 2.25. The van der Waals surface area contributed by atoms with E-state index in [1.54, 1.807) is 11.8 Å². The monoisotopic (exact) mass is 246 g/mol. The minimum absolute atomic E-state index is 0.173. The van der Waals surface area contributed by atoms with Crippen LogP contribution in [-0.2, 0) is 4.79 Å². The van der Waals surface area contributed by atoms with Crippen LogP contribution in [0.1, 0.15) is 31.9 Å². The number of rotatable bonds is 2. The average molecular weight is 246 g/mol. The average Bonchev–Trinajstić information content (AvgIpc) is 2.39. The number of carboxylic acids is 1. The van der Waals surface area contributed by atoms with Gasteiger partial charge in [-0.25, -0.2) is 14.8 Å². The van der Waals surface area contributed by atoms with Crippen molar-refractivity contribution in [2.75, 3.05) is 11.4 Å². The predicted molar refractivity (Wildman–Crippen MR) is 64.0 cm³/mol. The van der Waals surface area contributed by atoms with E-state index in [0.29, 0.717) is 18.8 Å². The smallest absolute Gasteiger partial charge is 0.329 e. The molecule has 0 aromatic carbocycles. The molecule has 2 rings (SSSR count). The number of anilines is 1. The highest BCUT2D eigenvalue weighted by atomic mass is 16.4. The van der Waals surface area contributed by atoms with Crippen LogP contribution in [0.5, 0.6) is 0 Å². The lowest BCUT2D eigenvalue weighted by Crippen LogP contribution is -2.56. The van der Waals surface area contributed by atoms with Gasteiger partial charge in [-0.3, -0.25) is 0 Å². The SMILES string of the molecule is CC1(C(=O)O)CCCCN1c1nccnc1C#N. The van der Waals surface area contributed by atoms with Crippen molar-refractivity contribution in [3.05, 3.63) is 18.1 Å². The van der Waals surface area contributed by atoms with Gasteiger partial charge in [0.15, 0.2) is 11.5 Å². The van der Waals surface area contributed by atoms with E-state index in [4.69, 9.17) is 5.26 Å². The van der Waals surface area contributed by atoms with Gasteiger partial charge in [0, 0.05) is 18.9 Å². The van der Waals surface area contributed by atoms with Crippen molar-refractivity contribution in [2.45, 2.75) is 31.7 Å². The Morgan fingerprint density at radius 3 is 2.89 bits per heavy atom. The van der Waals surface area contributed by atoms with E-state index in [9.17, 15) is 9.90 Å². The molecule has 1 atom stereocenters. The first-order valence-corrected chi connectivity index (χ1v) is 5.82. The fourth-order valence-electron chi connectivity index (χ4n) is 2.29. The van der Waals surface area contributed by atoms with Gasteiger partial charge in [0.1, 0.15) is 11.6 Å². The molecule has 1 aliphatic rings. The molecule has 6 heteroatoms. The quantitative estimate of drug-likeness (QED) is 0.842. The van der Waals surface area contributed by atoms with Crippen LogP contribution in [0.4, 0.5) is 5.82 Å². The number of aliphatic carboxylic acids is 1. The maximum atomic E-state index is 11.5. The first-order chi connectivity index (χ1) is 8.59. The lowest BCUT2D eigenvalue weighted by atomic mass is 9.88. The van der Waals surface area contributed by atoms with E-state index in [1.165, 1.54) is 12.4 Å². The molecule has 0 amide bonds. The van der Waals surface area contributed by atoms with Crippen molar-refractivity contribution in [1.29, 1.82) is 5.26 Å². The summed E-state index contributed by atoms with van der Waals surface area (Å²) in [6, 6.07) is 1.96. The molecular weight excluding hydrogens is 232 g/mol. The zero-order valence-electron chi connectivity index (χ0n) is 10.1. The zero-order valence-corrected chi connectivity index (χ0v) is 10.1. The summed E-state index contributed by atoms with van der Waals surface area (Å²) in [5, 5.41) is 18.5. The largest absolute Gasteiger partial charge is 0.480 e. The van der Waals surface area contributed by atoms with Crippen molar-refractivity contribution >= 4 is 11.8 Å². The van der Waals surface area contributed by atoms with Crippen molar-refractivity contribution < 1.29 is 9.90 Å². The van der Waals surface area contributed by atoms with Crippen LogP contribution >= 0.6 is 0 Å². The lowest BCUT2D eigenvalue weighted by molar-refractivity contribution is -0.143. The first kappa shape index (κ1) is 12.3. The van der Waals surface area contributed by atoms with Gasteiger partial charge in [0.25, 0.3) is 0 Å². The molecular formula is C12H14N4O2. The lowest BCUT2D eigenvalue weighted by Gasteiger charge is -2.42. The number of carbonyl (C=O) groups is 1. The molecule has 1 saturated heterocycles. The summed E-state index contributed by atoms with van der Waals surface area (Å²) in [4.78, 5) is 21.2. The van der Waals surface area contributed by atoms with E-state index >= 15 is 0 Å². The molecule has 0 bridgehead atoms. The second kappa shape index (κ2) is 4.61. The molecule has 1 fully saturated rings. The van der Waals surface area contributed by atoms with Crippen LogP contribution in [0.15, 0.2) is 12.4 Å². The first-order valence-electron chi connectivity index (χ1n) is 5.82. The fourth-order valence-corrected chi connectivity index (χ4v) is 2.29. The molecule has 18 heavy (non-hydrogen) atoms. The Hall–Kier alpha value is -2.16. The molecule has 0 radical (unpaired) electrons. The molecule has 0 aliphatic carbocycles. The highest BCUT2D eigenvalue weighted by Crippen LogP contribution is 2.32. The maximum absolute atomic E-state index is 11.5. The number of hydrogen-bond acceptors (Lipinski definition) is 5. The van der Waals surface area contributed by atoms with E-state index in [0.717, 1.165) is 12.8 Å². The van der Waals surface area contributed by atoms with Crippen molar-refractivity contribution in [3.8, 4) is 6.07 Å². The molecule has 6 nitrogen and oxygen atoms in total. The van der Waals surface area contributed by atoms with E-state index in [1.807, 2.05) is 6.07 Å². The summed E-state index contributed by atoms with van der Waals surface area (Å²) in [7, 11) is 0. The van der Waals surface area contributed by atoms with E-state index in [2.05, 4.69) is 9.97 Å². The number of nitriles is 1. The van der Waals surface area contributed by atoms with Gasteiger partial charge >= 0.3 is 5.97 Å². The summed E-state index contributed by atoms with van der Waals surface area (Å²) >= 11 is 0. The highest BCUT2D eigenvalue weighted by molar-refractivity contribution is 5.83. The van der Waals surface area contributed by atoms with Gasteiger partial charge < -0.3 is 10.0 Å². The van der Waals surface area contributed by atoms with Gasteiger partial charge in [-0.05, 0) is 26.2 Å². The topological polar surface area (TPSA) is 90.1 Å². The van der Waals surface area contributed by atoms with Crippen LogP contribution < -0.4 is 4.90 Å². The maximum Gasteiger partial charge on any atom is 0.329 e. The minimum Gasteiger partial charge on any atom is -0.480 e. The Balaban J connectivity index is 2.47. The molecule has 0 saturated carbocycles. The fraction of sp³-hybridized carbons (Fsp3) is 0.500. The molecule has 1 aromatic rings. The van der Waals surface area contributed by atoms with Crippen molar-refractivity contribution in [3.63, 3.8) is 0 Å². The molecule has 1 unspecified atom stereocenters. The number of nitrogens with zero attached hydrogens (tertiary/aromatic N) is 4. The van der Waals surface area contributed by atoms with Gasteiger partial charge in [-0.2, -0.15) is 5.26 Å². The van der Waals surface area contributed by atoms with Gasteiger partial charge in [0.2, 0.25) is 0 Å². The molecule has 2 heterocycles. The normalized spacial score (nSPS) is 23.4. The van der Waals surface area contributed by atoms with Gasteiger partial charge in [0.05, 0.1) is 0 Å². The van der Waals surface area contributed by atoms with Crippen LogP contribution in [0.2, 0.25) is 0 Å². The number of piperidine rings is 1. The van der Waals surface area contributed by atoms with Crippen LogP contribution in [0, 0.1) is 11.3 Å². The minimum atomic E-state index is -1.01. The summed E-state index contributed by atoms with van der Waals surface area (Å²) in [5.74, 6) is -0.527. The van der Waals surface area contributed by atoms with Gasteiger partial charge in [-0.1, -0.05) is 0 Å². The van der Waals surface area contributed by atoms with Crippen molar-refractivity contribution in [1.82, 2.24) is 9.97 Å². The Morgan fingerprint density at radius 2 is 2.22 bits per heavy atom. The second-order valence-corrected chi connectivity index (χ2v) is 4.53. The molecule has 1 aliphatic heterocycles. The standard InChI is InChI=1S/C12H14N4O2/c1-12(11(17)18)4-2-3-7-16(12)10-9(8-13)14-5-6-15-10/h5-6H,2-4,7H2,1H3,(H,17,18). The zero-order chi connectivity index (χ0) is 13.2. The third-order valence-corrected chi connectivity index (χ3v) is 3.39. The number of aromatic nitrogens is 2. The third-order valence-electron chi connectivity index (χ3n) is 3.39. The number of hydrogen-bond donors (Lipinski definition) is 1. The summed E-state index contributed by atoms with van der Waals surface area (Å²) < 4.78 is 0. The summed E-state index contributed by atoms with van der Waals surface area (Å²) in [5.41, 5.74) is -0.841. The van der Waals surface area contributed by atoms with Crippen LogP contribution in [0.25, 0.3) is 0 Å². The van der Waals surface area contributed by atoms with Gasteiger partial charge in [-0.15, -0.1) is 0 Å². The van der Waals surface area contributed by atoms with E-state index < -0.39 is 11.5 Å². The molecule has 94 valence electrons. The Bertz CT molecular complexity index is 511. The molecule has 0 spiro atoms. The second-order valence-electron chi connectivity index (χ2n) is 4.53. The molecule has 1 aromatic heterocycles. The van der Waals surface area contributed by atoms with Crippen LogP contribution in [0.3, 0.4) is 0 Å². The van der Waals surface area contributed by atoms with Crippen LogP contribution in [-0.4, -0.2) is 33.1 Å². The highest BCUT2D eigenvalue weighted by Gasteiger charge is 2.43. The molecule has 1 N–H and O–H groups in total. The summed E-state index contributed by atoms with van der Waals surface area (Å²) in [6.07, 6.45) is 5.21.